The molecule has 2 N–H and O–H groups in total. The SMILES string of the molecule is Cc1cc(=O)[nH]c(SCC(=O)O[C@@H](C)C(=O)Nc2cccc(Cl)c2)c1C#N. The Morgan fingerprint density at radius 2 is 2.15 bits per heavy atom. The average molecular weight is 406 g/mol. The summed E-state index contributed by atoms with van der Waals surface area (Å²) in [6, 6.07) is 9.88. The van der Waals surface area contributed by atoms with Crippen molar-refractivity contribution in [3.8, 4) is 6.07 Å². The zero-order chi connectivity index (χ0) is 20.0. The van der Waals surface area contributed by atoms with Gasteiger partial charge in [-0.2, -0.15) is 5.26 Å². The number of aryl methyl sites for hydroxylation is 1. The molecule has 0 bridgehead atoms. The second-order valence-corrected chi connectivity index (χ2v) is 6.97. The van der Waals surface area contributed by atoms with E-state index in [9.17, 15) is 14.4 Å². The van der Waals surface area contributed by atoms with E-state index in [1.54, 1.807) is 31.2 Å². The summed E-state index contributed by atoms with van der Waals surface area (Å²) in [5.41, 5.74) is 0.933. The molecule has 0 saturated heterocycles. The molecule has 1 amide bonds. The highest BCUT2D eigenvalue weighted by Gasteiger charge is 2.19. The first-order valence-electron chi connectivity index (χ1n) is 7.83. The lowest BCUT2D eigenvalue weighted by Gasteiger charge is -2.14. The fourth-order valence-corrected chi connectivity index (χ4v) is 3.18. The number of aromatic amines is 1. The lowest BCUT2D eigenvalue weighted by atomic mass is 10.2. The molecule has 140 valence electrons. The topological polar surface area (TPSA) is 112 Å². The molecule has 0 aliphatic rings. The van der Waals surface area contributed by atoms with Crippen molar-refractivity contribution in [3.05, 3.63) is 56.8 Å². The quantitative estimate of drug-likeness (QED) is 0.564. The zero-order valence-electron chi connectivity index (χ0n) is 14.5. The Kier molecular flexibility index (Phi) is 7.05. The minimum atomic E-state index is -1.02. The fraction of sp³-hybridized carbons (Fsp3) is 0.222. The van der Waals surface area contributed by atoms with Crippen LogP contribution in [0.1, 0.15) is 18.1 Å². The molecule has 0 saturated carbocycles. The highest BCUT2D eigenvalue weighted by Crippen LogP contribution is 2.21. The highest BCUT2D eigenvalue weighted by atomic mass is 35.5. The number of nitriles is 1. The summed E-state index contributed by atoms with van der Waals surface area (Å²) in [5.74, 6) is -1.32. The zero-order valence-corrected chi connectivity index (χ0v) is 16.1. The van der Waals surface area contributed by atoms with Gasteiger partial charge in [-0.3, -0.25) is 14.4 Å². The Labute approximate surface area is 164 Å². The number of ether oxygens (including phenoxy) is 1. The van der Waals surface area contributed by atoms with Crippen molar-refractivity contribution in [3.63, 3.8) is 0 Å². The fourth-order valence-electron chi connectivity index (χ4n) is 2.13. The van der Waals surface area contributed by atoms with Crippen LogP contribution < -0.4 is 10.9 Å². The maximum Gasteiger partial charge on any atom is 0.317 e. The summed E-state index contributed by atoms with van der Waals surface area (Å²) in [6.07, 6.45) is -1.02. The van der Waals surface area contributed by atoms with E-state index in [0.29, 0.717) is 21.8 Å². The normalized spacial score (nSPS) is 11.3. The molecule has 2 aromatic rings. The number of rotatable bonds is 6. The molecule has 1 aromatic heterocycles. The number of hydrogen-bond donors (Lipinski definition) is 2. The van der Waals surface area contributed by atoms with Crippen LogP contribution in [-0.2, 0) is 14.3 Å². The molecule has 9 heteroatoms. The van der Waals surface area contributed by atoms with Gasteiger partial charge in [0.05, 0.1) is 16.3 Å². The highest BCUT2D eigenvalue weighted by molar-refractivity contribution is 7.99. The number of carbonyl (C=O) groups excluding carboxylic acids is 2. The number of esters is 1. The number of nitrogens with zero attached hydrogens (tertiary/aromatic N) is 1. The van der Waals surface area contributed by atoms with Crippen molar-refractivity contribution in [1.82, 2.24) is 4.98 Å². The van der Waals surface area contributed by atoms with Gasteiger partial charge in [0.1, 0.15) is 6.07 Å². The molecule has 0 aliphatic carbocycles. The third-order valence-corrected chi connectivity index (χ3v) is 4.63. The molecule has 2 rings (SSSR count). The Hall–Kier alpha value is -2.76. The third kappa shape index (κ3) is 5.88. The van der Waals surface area contributed by atoms with Gasteiger partial charge in [0.25, 0.3) is 5.91 Å². The van der Waals surface area contributed by atoms with Crippen LogP contribution in [0.25, 0.3) is 0 Å². The number of nitrogens with one attached hydrogen (secondary N) is 2. The monoisotopic (exact) mass is 405 g/mol. The molecule has 0 fully saturated rings. The molecule has 7 nitrogen and oxygen atoms in total. The van der Waals surface area contributed by atoms with Crippen molar-refractivity contribution in [2.45, 2.75) is 25.0 Å². The number of aromatic nitrogens is 1. The third-order valence-electron chi connectivity index (χ3n) is 3.42. The van der Waals surface area contributed by atoms with Crippen LogP contribution in [0, 0.1) is 18.3 Å². The summed E-state index contributed by atoms with van der Waals surface area (Å²) in [4.78, 5) is 38.1. The molecule has 27 heavy (non-hydrogen) atoms. The predicted molar refractivity (Wildman–Crippen MR) is 103 cm³/mol. The van der Waals surface area contributed by atoms with Gasteiger partial charge in [-0.05, 0) is 37.6 Å². The van der Waals surface area contributed by atoms with Crippen molar-refractivity contribution < 1.29 is 14.3 Å². The van der Waals surface area contributed by atoms with Gasteiger partial charge in [-0.25, -0.2) is 0 Å². The number of pyridine rings is 1. The van der Waals surface area contributed by atoms with E-state index in [1.165, 1.54) is 13.0 Å². The van der Waals surface area contributed by atoms with Crippen LogP contribution in [0.5, 0.6) is 0 Å². The van der Waals surface area contributed by atoms with Crippen LogP contribution >= 0.6 is 23.4 Å². The Bertz CT molecular complexity index is 968. The number of carbonyl (C=O) groups is 2. The molecular formula is C18H16ClN3O4S. The van der Waals surface area contributed by atoms with Gasteiger partial charge in [0.2, 0.25) is 5.56 Å². The van der Waals surface area contributed by atoms with Gasteiger partial charge >= 0.3 is 5.97 Å². The standard InChI is InChI=1S/C18H16ClN3O4S/c1-10-6-15(23)22-18(14(10)8-20)27-9-16(24)26-11(2)17(25)21-13-5-3-4-12(19)7-13/h3-7,11H,9H2,1-2H3,(H,21,25)(H,22,23)/t11-/m0/s1. The predicted octanol–water partition coefficient (Wildman–Crippen LogP) is 2.87. The lowest BCUT2D eigenvalue weighted by molar-refractivity contribution is -0.150. The van der Waals surface area contributed by atoms with E-state index in [1.807, 2.05) is 6.07 Å². The summed E-state index contributed by atoms with van der Waals surface area (Å²) >= 11 is 6.82. The van der Waals surface area contributed by atoms with E-state index in [0.717, 1.165) is 11.8 Å². The molecule has 0 unspecified atom stereocenters. The number of amides is 1. The summed E-state index contributed by atoms with van der Waals surface area (Å²) in [6.45, 7) is 3.08. The van der Waals surface area contributed by atoms with E-state index < -0.39 is 18.0 Å². The number of thioether (sulfide) groups is 1. The minimum absolute atomic E-state index is 0.164. The molecule has 0 radical (unpaired) electrons. The van der Waals surface area contributed by atoms with Crippen molar-refractivity contribution in [2.75, 3.05) is 11.1 Å². The summed E-state index contributed by atoms with van der Waals surface area (Å²) in [5, 5.41) is 12.5. The van der Waals surface area contributed by atoms with Gasteiger partial charge in [-0.1, -0.05) is 29.4 Å². The second-order valence-electron chi connectivity index (χ2n) is 5.55. The number of H-pyrrole nitrogens is 1. The molecule has 1 heterocycles. The first-order valence-corrected chi connectivity index (χ1v) is 9.19. The van der Waals surface area contributed by atoms with Gasteiger partial charge in [0, 0.05) is 16.8 Å². The molecule has 1 aromatic carbocycles. The van der Waals surface area contributed by atoms with Crippen molar-refractivity contribution in [2.24, 2.45) is 0 Å². The molecule has 0 aliphatic heterocycles. The second kappa shape index (κ2) is 9.26. The van der Waals surface area contributed by atoms with Gasteiger partial charge in [-0.15, -0.1) is 0 Å². The van der Waals surface area contributed by atoms with Crippen molar-refractivity contribution >= 4 is 40.9 Å². The van der Waals surface area contributed by atoms with Crippen LogP contribution in [0.4, 0.5) is 5.69 Å². The summed E-state index contributed by atoms with van der Waals surface area (Å²) in [7, 11) is 0. The smallest absolute Gasteiger partial charge is 0.317 e. The van der Waals surface area contributed by atoms with E-state index in [-0.39, 0.29) is 16.3 Å². The molecule has 1 atom stereocenters. The Balaban J connectivity index is 1.93. The Morgan fingerprint density at radius 3 is 2.81 bits per heavy atom. The minimum Gasteiger partial charge on any atom is -0.452 e. The number of anilines is 1. The number of hydrogen-bond acceptors (Lipinski definition) is 6. The van der Waals surface area contributed by atoms with Crippen LogP contribution in [0.2, 0.25) is 5.02 Å². The Morgan fingerprint density at radius 1 is 1.41 bits per heavy atom. The van der Waals surface area contributed by atoms with Gasteiger partial charge < -0.3 is 15.0 Å². The number of benzene rings is 1. The maximum absolute atomic E-state index is 12.1. The van der Waals surface area contributed by atoms with Crippen LogP contribution in [0.15, 0.2) is 40.2 Å². The van der Waals surface area contributed by atoms with Crippen molar-refractivity contribution in [1.29, 1.82) is 5.26 Å². The largest absolute Gasteiger partial charge is 0.452 e. The van der Waals surface area contributed by atoms with E-state index in [4.69, 9.17) is 21.6 Å². The molecule has 0 spiro atoms. The lowest BCUT2D eigenvalue weighted by Crippen LogP contribution is -2.30. The van der Waals surface area contributed by atoms with Gasteiger partial charge in [0.15, 0.2) is 6.10 Å². The molecular weight excluding hydrogens is 390 g/mol. The summed E-state index contributed by atoms with van der Waals surface area (Å²) < 4.78 is 5.09. The maximum atomic E-state index is 12.1. The van der Waals surface area contributed by atoms with Crippen LogP contribution in [-0.4, -0.2) is 28.7 Å². The first-order chi connectivity index (χ1) is 12.8. The van der Waals surface area contributed by atoms with E-state index >= 15 is 0 Å². The van der Waals surface area contributed by atoms with Crippen LogP contribution in [0.3, 0.4) is 0 Å². The average Bonchev–Trinajstić information content (AvgIpc) is 2.59. The van der Waals surface area contributed by atoms with E-state index in [2.05, 4.69) is 10.3 Å². The number of halogens is 1. The first kappa shape index (κ1) is 20.6.